The first-order valence-corrected chi connectivity index (χ1v) is 7.79. The summed E-state index contributed by atoms with van der Waals surface area (Å²) in [6.07, 6.45) is 0.882. The topological polar surface area (TPSA) is 55.4 Å². The van der Waals surface area contributed by atoms with Gasteiger partial charge in [-0.1, -0.05) is 48.0 Å². The molecule has 3 rings (SSSR count). The van der Waals surface area contributed by atoms with Gasteiger partial charge in [0.2, 0.25) is 0 Å². The van der Waals surface area contributed by atoms with Crippen molar-refractivity contribution in [1.82, 2.24) is 0 Å². The van der Waals surface area contributed by atoms with Crippen molar-refractivity contribution in [2.75, 3.05) is 5.32 Å². The van der Waals surface area contributed by atoms with Crippen LogP contribution in [0.4, 0.5) is 5.69 Å². The number of ketones is 1. The molecule has 1 aliphatic heterocycles. The van der Waals surface area contributed by atoms with Crippen LogP contribution in [-0.2, 0) is 27.4 Å². The summed E-state index contributed by atoms with van der Waals surface area (Å²) in [7, 11) is 0. The Morgan fingerprint density at radius 2 is 1.96 bits per heavy atom. The van der Waals surface area contributed by atoms with Crippen LogP contribution >= 0.6 is 11.6 Å². The van der Waals surface area contributed by atoms with E-state index >= 15 is 0 Å². The van der Waals surface area contributed by atoms with Crippen LogP contribution in [0, 0.1) is 0 Å². The first-order valence-electron chi connectivity index (χ1n) is 7.42. The average Bonchev–Trinajstić information content (AvgIpc) is 2.73. The van der Waals surface area contributed by atoms with E-state index in [9.17, 15) is 9.59 Å². The Bertz CT molecular complexity index is 730. The molecular formula is C18H16ClNO3. The number of anilines is 1. The lowest BCUT2D eigenvalue weighted by Crippen LogP contribution is -2.38. The normalized spacial score (nSPS) is 16.9. The van der Waals surface area contributed by atoms with Gasteiger partial charge in [0, 0.05) is 17.1 Å². The molecule has 0 aromatic heterocycles. The van der Waals surface area contributed by atoms with Gasteiger partial charge in [0.1, 0.15) is 6.61 Å². The Morgan fingerprint density at radius 1 is 1.17 bits per heavy atom. The second kappa shape index (κ2) is 6.84. The summed E-state index contributed by atoms with van der Waals surface area (Å²) in [5.74, 6) is -0.734. The Hall–Kier alpha value is -2.33. The third-order valence-corrected chi connectivity index (χ3v) is 4.03. The number of Topliss-reactive ketones (excluding diaryl/α,β-unsaturated/α-hetero) is 1. The second-order valence-electron chi connectivity index (χ2n) is 5.44. The van der Waals surface area contributed by atoms with Gasteiger partial charge in [-0.3, -0.25) is 4.79 Å². The molecule has 1 unspecified atom stereocenters. The molecule has 0 fully saturated rings. The van der Waals surface area contributed by atoms with Gasteiger partial charge in [0.05, 0.1) is 0 Å². The number of ether oxygens (including phenoxy) is 1. The maximum atomic E-state index is 12.3. The van der Waals surface area contributed by atoms with Gasteiger partial charge >= 0.3 is 5.97 Å². The van der Waals surface area contributed by atoms with Gasteiger partial charge in [0.25, 0.3) is 0 Å². The van der Waals surface area contributed by atoms with Crippen molar-refractivity contribution in [2.24, 2.45) is 0 Å². The monoisotopic (exact) mass is 329 g/mol. The van der Waals surface area contributed by atoms with Gasteiger partial charge in [-0.2, -0.15) is 0 Å². The summed E-state index contributed by atoms with van der Waals surface area (Å²) in [6.45, 7) is 0.146. The number of rotatable bonds is 3. The van der Waals surface area contributed by atoms with Crippen molar-refractivity contribution in [2.45, 2.75) is 25.5 Å². The highest BCUT2D eigenvalue weighted by Gasteiger charge is 2.30. The molecule has 4 nitrogen and oxygen atoms in total. The highest BCUT2D eigenvalue weighted by molar-refractivity contribution is 6.31. The maximum absolute atomic E-state index is 12.3. The minimum Gasteiger partial charge on any atom is -0.459 e. The average molecular weight is 330 g/mol. The Labute approximate surface area is 139 Å². The van der Waals surface area contributed by atoms with E-state index in [0.717, 1.165) is 11.1 Å². The molecule has 0 spiro atoms. The Morgan fingerprint density at radius 3 is 2.74 bits per heavy atom. The molecule has 1 atom stereocenters. The second-order valence-corrected chi connectivity index (χ2v) is 5.87. The third kappa shape index (κ3) is 3.71. The van der Waals surface area contributed by atoms with Gasteiger partial charge in [0.15, 0.2) is 11.8 Å². The minimum absolute atomic E-state index is 0.146. The summed E-state index contributed by atoms with van der Waals surface area (Å²) < 4.78 is 5.28. The molecule has 5 heteroatoms. The van der Waals surface area contributed by atoms with E-state index in [-0.39, 0.29) is 12.4 Å². The fraction of sp³-hybridized carbons (Fsp3) is 0.222. The lowest BCUT2D eigenvalue weighted by atomic mass is 10.1. The molecule has 1 N–H and O–H groups in total. The first-order chi connectivity index (χ1) is 11.1. The standard InChI is InChI=1S/C18H16ClNO3/c19-14-8-6-13-7-9-16(21)17(20-15(13)10-14)18(22)23-11-12-4-2-1-3-5-12/h1-6,8,10,17,20H,7,9,11H2. The van der Waals surface area contributed by atoms with E-state index in [2.05, 4.69) is 5.32 Å². The first kappa shape index (κ1) is 15.6. The number of hydrogen-bond donors (Lipinski definition) is 1. The van der Waals surface area contributed by atoms with Gasteiger partial charge in [-0.05, 0) is 29.7 Å². The van der Waals surface area contributed by atoms with Gasteiger partial charge < -0.3 is 10.1 Å². The predicted octanol–water partition coefficient (Wildman–Crippen LogP) is 3.38. The predicted molar refractivity (Wildman–Crippen MR) is 88.4 cm³/mol. The summed E-state index contributed by atoms with van der Waals surface area (Å²) in [4.78, 5) is 24.5. The summed E-state index contributed by atoms with van der Waals surface area (Å²) >= 11 is 5.99. The molecule has 0 saturated heterocycles. The number of nitrogens with one attached hydrogen (secondary N) is 1. The molecule has 0 amide bonds. The van der Waals surface area contributed by atoms with Crippen LogP contribution in [-0.4, -0.2) is 17.8 Å². The van der Waals surface area contributed by atoms with Gasteiger partial charge in [-0.25, -0.2) is 4.79 Å². The van der Waals surface area contributed by atoms with Crippen molar-refractivity contribution < 1.29 is 14.3 Å². The fourth-order valence-corrected chi connectivity index (χ4v) is 2.71. The van der Waals surface area contributed by atoms with Gasteiger partial charge in [-0.15, -0.1) is 0 Å². The van der Waals surface area contributed by atoms with Crippen LogP contribution in [0.1, 0.15) is 17.5 Å². The third-order valence-electron chi connectivity index (χ3n) is 3.79. The Balaban J connectivity index is 1.72. The maximum Gasteiger partial charge on any atom is 0.336 e. The molecule has 0 bridgehead atoms. The van der Waals surface area contributed by atoms with E-state index in [0.29, 0.717) is 23.6 Å². The molecule has 0 aliphatic carbocycles. The summed E-state index contributed by atoms with van der Waals surface area (Å²) in [5.41, 5.74) is 2.57. The van der Waals surface area contributed by atoms with Crippen LogP contribution in [0.5, 0.6) is 0 Å². The number of carbonyl (C=O) groups excluding carboxylic acids is 2. The van der Waals surface area contributed by atoms with Crippen LogP contribution in [0.15, 0.2) is 48.5 Å². The molecule has 1 aliphatic rings. The molecular weight excluding hydrogens is 314 g/mol. The number of aryl methyl sites for hydroxylation is 1. The van der Waals surface area contributed by atoms with Crippen LogP contribution in [0.25, 0.3) is 0 Å². The SMILES string of the molecule is O=C1CCc2ccc(Cl)cc2NC1C(=O)OCc1ccccc1. The molecule has 0 radical (unpaired) electrons. The lowest BCUT2D eigenvalue weighted by Gasteiger charge is -2.16. The number of benzene rings is 2. The van der Waals surface area contributed by atoms with E-state index in [1.807, 2.05) is 36.4 Å². The van der Waals surface area contributed by atoms with Crippen molar-refractivity contribution in [3.8, 4) is 0 Å². The number of fused-ring (bicyclic) bond motifs is 1. The number of hydrogen-bond acceptors (Lipinski definition) is 4. The highest BCUT2D eigenvalue weighted by atomic mass is 35.5. The number of carbonyl (C=O) groups is 2. The zero-order valence-electron chi connectivity index (χ0n) is 12.4. The van der Waals surface area contributed by atoms with Crippen molar-refractivity contribution in [3.05, 3.63) is 64.7 Å². The quantitative estimate of drug-likeness (QED) is 0.693. The molecule has 23 heavy (non-hydrogen) atoms. The molecule has 2 aromatic rings. The van der Waals surface area contributed by atoms with E-state index in [1.54, 1.807) is 12.1 Å². The summed E-state index contributed by atoms with van der Waals surface area (Å²) in [6, 6.07) is 13.8. The summed E-state index contributed by atoms with van der Waals surface area (Å²) in [5, 5.41) is 3.53. The lowest BCUT2D eigenvalue weighted by molar-refractivity contribution is -0.148. The van der Waals surface area contributed by atoms with E-state index < -0.39 is 12.0 Å². The van der Waals surface area contributed by atoms with Crippen LogP contribution in [0.2, 0.25) is 5.02 Å². The van der Waals surface area contributed by atoms with Crippen molar-refractivity contribution >= 4 is 29.0 Å². The smallest absolute Gasteiger partial charge is 0.336 e. The largest absolute Gasteiger partial charge is 0.459 e. The molecule has 2 aromatic carbocycles. The molecule has 118 valence electrons. The van der Waals surface area contributed by atoms with Crippen molar-refractivity contribution in [3.63, 3.8) is 0 Å². The Kier molecular flexibility index (Phi) is 4.63. The minimum atomic E-state index is -0.988. The van der Waals surface area contributed by atoms with E-state index in [1.165, 1.54) is 0 Å². The zero-order chi connectivity index (χ0) is 16.2. The molecule has 1 heterocycles. The number of halogens is 1. The van der Waals surface area contributed by atoms with Crippen molar-refractivity contribution in [1.29, 1.82) is 0 Å². The van der Waals surface area contributed by atoms with Crippen LogP contribution in [0.3, 0.4) is 0 Å². The fourth-order valence-electron chi connectivity index (χ4n) is 2.54. The number of esters is 1. The zero-order valence-corrected chi connectivity index (χ0v) is 13.2. The van der Waals surface area contributed by atoms with E-state index in [4.69, 9.17) is 16.3 Å². The van der Waals surface area contributed by atoms with Crippen LogP contribution < -0.4 is 5.32 Å². The highest BCUT2D eigenvalue weighted by Crippen LogP contribution is 2.26. The molecule has 0 saturated carbocycles.